The molecule has 26 heavy (non-hydrogen) atoms. The lowest BCUT2D eigenvalue weighted by molar-refractivity contribution is -0.127. The lowest BCUT2D eigenvalue weighted by Crippen LogP contribution is -2.35. The van der Waals surface area contributed by atoms with Gasteiger partial charge in [0.15, 0.2) is 0 Å². The summed E-state index contributed by atoms with van der Waals surface area (Å²) in [5.41, 5.74) is 0.460. The second-order valence-corrected chi connectivity index (χ2v) is 6.61. The van der Waals surface area contributed by atoms with E-state index >= 15 is 0 Å². The van der Waals surface area contributed by atoms with Gasteiger partial charge in [0.25, 0.3) is 5.91 Å². The zero-order valence-corrected chi connectivity index (χ0v) is 15.6. The Labute approximate surface area is 154 Å². The smallest absolute Gasteiger partial charge is 0.273 e. The van der Waals surface area contributed by atoms with E-state index in [1.165, 1.54) is 4.90 Å². The predicted octanol–water partition coefficient (Wildman–Crippen LogP) is 0.909. The zero-order chi connectivity index (χ0) is 19.1. The van der Waals surface area contributed by atoms with Gasteiger partial charge < -0.3 is 24.6 Å². The molecule has 0 aromatic carbocycles. The van der Waals surface area contributed by atoms with Crippen molar-refractivity contribution in [3.05, 3.63) is 35.7 Å². The molecule has 1 aliphatic rings. The quantitative estimate of drug-likeness (QED) is 0.474. The summed E-state index contributed by atoms with van der Waals surface area (Å²) < 4.78 is 5.30. The molecule has 0 saturated heterocycles. The van der Waals surface area contributed by atoms with E-state index in [-0.39, 0.29) is 18.6 Å². The summed E-state index contributed by atoms with van der Waals surface area (Å²) in [4.78, 5) is 29.4. The lowest BCUT2D eigenvalue weighted by atomic mass is 10.1. The van der Waals surface area contributed by atoms with Gasteiger partial charge in [-0.3, -0.25) is 14.5 Å². The minimum Gasteiger partial charge on any atom is -0.467 e. The fourth-order valence-electron chi connectivity index (χ4n) is 2.85. The van der Waals surface area contributed by atoms with Crippen LogP contribution in [0, 0.1) is 0 Å². The Balaban J connectivity index is 2.07. The highest BCUT2D eigenvalue weighted by atomic mass is 16.3. The number of likely N-dealkylation sites (N-methyl/N-ethyl adjacent to an activating group) is 2. The molecular weight excluding hydrogens is 336 g/mol. The number of carbonyl (C=O) groups is 2. The largest absolute Gasteiger partial charge is 0.467 e. The van der Waals surface area contributed by atoms with Crippen LogP contribution >= 0.6 is 0 Å². The second-order valence-electron chi connectivity index (χ2n) is 6.61. The number of nitrogens with zero attached hydrogens (tertiary/aromatic N) is 3. The van der Waals surface area contributed by atoms with Gasteiger partial charge in [-0.25, -0.2) is 0 Å². The number of hydrogen-bond donors (Lipinski definition) is 2. The Morgan fingerprint density at radius 1 is 1.50 bits per heavy atom. The van der Waals surface area contributed by atoms with Crippen LogP contribution in [0.2, 0.25) is 0 Å². The molecule has 0 radical (unpaired) electrons. The van der Waals surface area contributed by atoms with Crippen LogP contribution in [0.15, 0.2) is 34.3 Å². The Kier molecular flexibility index (Phi) is 7.08. The standard InChI is InChI=1S/C18H28N4O4/c1-14(24)7-4-5-9-20(2)18(25)16-17(19-12-21(16)3)22(13-23)11-15-8-6-10-26-15/h6,8,10,13-14,19,24H,4-5,7,9,11-12H2,1-3H3. The molecular formula is C18H28N4O4. The monoisotopic (exact) mass is 364 g/mol. The van der Waals surface area contributed by atoms with Gasteiger partial charge in [0, 0.05) is 20.6 Å². The first kappa shape index (κ1) is 19.8. The Hall–Kier alpha value is -2.48. The van der Waals surface area contributed by atoms with Gasteiger partial charge in [-0.2, -0.15) is 0 Å². The van der Waals surface area contributed by atoms with Crippen molar-refractivity contribution in [2.75, 3.05) is 27.3 Å². The van der Waals surface area contributed by atoms with Crippen molar-refractivity contribution in [3.63, 3.8) is 0 Å². The number of furan rings is 1. The molecule has 2 N–H and O–H groups in total. The molecule has 1 atom stereocenters. The van der Waals surface area contributed by atoms with Crippen molar-refractivity contribution in [2.24, 2.45) is 0 Å². The normalized spacial score (nSPS) is 15.0. The van der Waals surface area contributed by atoms with Crippen LogP contribution in [0.4, 0.5) is 0 Å². The maximum Gasteiger partial charge on any atom is 0.273 e. The minimum atomic E-state index is -0.321. The van der Waals surface area contributed by atoms with E-state index in [1.807, 2.05) is 7.05 Å². The van der Waals surface area contributed by atoms with Crippen LogP contribution in [0.1, 0.15) is 31.9 Å². The van der Waals surface area contributed by atoms with Gasteiger partial charge in [-0.1, -0.05) is 0 Å². The summed E-state index contributed by atoms with van der Waals surface area (Å²) in [6.07, 6.45) is 4.32. The number of unbranched alkanes of at least 4 members (excludes halogenated alkanes) is 1. The molecule has 2 heterocycles. The summed E-state index contributed by atoms with van der Waals surface area (Å²) in [5, 5.41) is 12.4. The second kappa shape index (κ2) is 9.28. The Morgan fingerprint density at radius 3 is 2.88 bits per heavy atom. The van der Waals surface area contributed by atoms with Gasteiger partial charge in [0.05, 0.1) is 25.6 Å². The molecule has 0 bridgehead atoms. The average molecular weight is 364 g/mol. The van der Waals surface area contributed by atoms with E-state index < -0.39 is 0 Å². The highest BCUT2D eigenvalue weighted by Gasteiger charge is 2.31. The third kappa shape index (κ3) is 5.01. The maximum absolute atomic E-state index is 12.9. The molecule has 0 aliphatic carbocycles. The topological polar surface area (TPSA) is 89.3 Å². The van der Waals surface area contributed by atoms with E-state index in [4.69, 9.17) is 4.42 Å². The molecule has 2 amide bonds. The van der Waals surface area contributed by atoms with Crippen molar-refractivity contribution in [2.45, 2.75) is 38.8 Å². The number of amides is 2. The molecule has 1 aromatic heterocycles. The SMILES string of the molecule is CC(O)CCCCN(C)C(=O)C1=C(N(C=O)Cc2ccco2)NCN1C. The molecule has 8 nitrogen and oxygen atoms in total. The first-order valence-corrected chi connectivity index (χ1v) is 8.81. The number of aliphatic hydroxyl groups excluding tert-OH is 1. The van der Waals surface area contributed by atoms with Gasteiger partial charge in [0.1, 0.15) is 17.3 Å². The van der Waals surface area contributed by atoms with Crippen LogP contribution in [0.3, 0.4) is 0 Å². The van der Waals surface area contributed by atoms with Crippen LogP contribution in [0.5, 0.6) is 0 Å². The maximum atomic E-state index is 12.9. The number of hydrogen-bond acceptors (Lipinski definition) is 6. The summed E-state index contributed by atoms with van der Waals surface area (Å²) in [5.74, 6) is 0.981. The number of carbonyl (C=O) groups excluding carboxylic acids is 2. The first-order valence-electron chi connectivity index (χ1n) is 8.81. The van der Waals surface area contributed by atoms with Crippen molar-refractivity contribution in [3.8, 4) is 0 Å². The zero-order valence-electron chi connectivity index (χ0n) is 15.6. The summed E-state index contributed by atoms with van der Waals surface area (Å²) in [7, 11) is 3.56. The Morgan fingerprint density at radius 2 is 2.27 bits per heavy atom. The van der Waals surface area contributed by atoms with Gasteiger partial charge in [-0.05, 0) is 38.3 Å². The van der Waals surface area contributed by atoms with E-state index in [0.29, 0.717) is 36.9 Å². The van der Waals surface area contributed by atoms with Crippen LogP contribution in [0.25, 0.3) is 0 Å². The lowest BCUT2D eigenvalue weighted by Gasteiger charge is -2.23. The predicted molar refractivity (Wildman–Crippen MR) is 96.3 cm³/mol. The minimum absolute atomic E-state index is 0.143. The molecule has 0 saturated carbocycles. The number of nitrogens with one attached hydrogen (secondary N) is 1. The molecule has 0 spiro atoms. The Bertz CT molecular complexity index is 627. The molecule has 1 aliphatic heterocycles. The summed E-state index contributed by atoms with van der Waals surface area (Å²) >= 11 is 0. The van der Waals surface area contributed by atoms with Crippen LogP contribution in [-0.4, -0.2) is 65.5 Å². The molecule has 0 fully saturated rings. The van der Waals surface area contributed by atoms with Crippen LogP contribution < -0.4 is 5.32 Å². The van der Waals surface area contributed by atoms with Crippen LogP contribution in [-0.2, 0) is 16.1 Å². The van der Waals surface area contributed by atoms with E-state index in [0.717, 1.165) is 19.3 Å². The van der Waals surface area contributed by atoms with Crippen molar-refractivity contribution in [1.82, 2.24) is 20.0 Å². The summed E-state index contributed by atoms with van der Waals surface area (Å²) in [6, 6.07) is 3.54. The van der Waals surface area contributed by atoms with E-state index in [9.17, 15) is 14.7 Å². The van der Waals surface area contributed by atoms with E-state index in [1.54, 1.807) is 42.2 Å². The molecule has 1 aromatic rings. The third-order valence-electron chi connectivity index (χ3n) is 4.33. The van der Waals surface area contributed by atoms with E-state index in [2.05, 4.69) is 5.32 Å². The molecule has 2 rings (SSSR count). The number of aliphatic hydroxyl groups is 1. The number of rotatable bonds is 10. The molecule has 8 heteroatoms. The molecule has 1 unspecified atom stereocenters. The average Bonchev–Trinajstić information content (AvgIpc) is 3.25. The molecule has 144 valence electrons. The highest BCUT2D eigenvalue weighted by Crippen LogP contribution is 2.20. The van der Waals surface area contributed by atoms with Gasteiger partial charge in [-0.15, -0.1) is 0 Å². The highest BCUT2D eigenvalue weighted by molar-refractivity contribution is 5.94. The summed E-state index contributed by atoms with van der Waals surface area (Å²) in [6.45, 7) is 3.06. The third-order valence-corrected chi connectivity index (χ3v) is 4.33. The fraction of sp³-hybridized carbons (Fsp3) is 0.556. The van der Waals surface area contributed by atoms with Crippen molar-refractivity contribution in [1.29, 1.82) is 0 Å². The first-order chi connectivity index (χ1) is 12.4. The fourth-order valence-corrected chi connectivity index (χ4v) is 2.85. The van der Waals surface area contributed by atoms with Gasteiger partial charge >= 0.3 is 0 Å². The van der Waals surface area contributed by atoms with Crippen molar-refractivity contribution >= 4 is 12.3 Å². The van der Waals surface area contributed by atoms with Crippen molar-refractivity contribution < 1.29 is 19.1 Å². The van der Waals surface area contributed by atoms with Gasteiger partial charge in [0.2, 0.25) is 6.41 Å².